The standard InChI is InChI=1S/C28H31FN6O3S2/c1-16-22(29)23(35-40(36,37)28(3)11-12-28)19-8-4-5-9-20(19)24(16)38-26-25(39-17(2)32-26)21-10-14-31-27(34-21)33-18-7-6-13-30-15-18/h4-5,8-10,14,18,30,35H,6-7,11-13,15H2,1-3H3,(H,31,33,34)/t18-/m0/s1. The lowest BCUT2D eigenvalue weighted by Gasteiger charge is -2.23. The van der Waals surface area contributed by atoms with Gasteiger partial charge >= 0.3 is 0 Å². The molecule has 2 fully saturated rings. The highest BCUT2D eigenvalue weighted by molar-refractivity contribution is 7.94. The van der Waals surface area contributed by atoms with Crippen molar-refractivity contribution in [3.8, 4) is 22.2 Å². The summed E-state index contributed by atoms with van der Waals surface area (Å²) < 4.78 is 49.9. The van der Waals surface area contributed by atoms with Crippen molar-refractivity contribution in [1.82, 2.24) is 20.3 Å². The van der Waals surface area contributed by atoms with E-state index in [1.165, 1.54) is 11.3 Å². The zero-order valence-electron chi connectivity index (χ0n) is 22.5. The van der Waals surface area contributed by atoms with E-state index in [-0.39, 0.29) is 23.0 Å². The molecule has 1 aliphatic carbocycles. The van der Waals surface area contributed by atoms with E-state index in [4.69, 9.17) is 9.72 Å². The van der Waals surface area contributed by atoms with Gasteiger partial charge in [-0.15, -0.1) is 11.3 Å². The fraction of sp³-hybridized carbons (Fsp3) is 0.393. The highest BCUT2D eigenvalue weighted by Gasteiger charge is 2.50. The Kier molecular flexibility index (Phi) is 6.87. The number of rotatable bonds is 8. The Balaban J connectivity index is 1.37. The number of thiazole rings is 1. The number of nitrogens with zero attached hydrogens (tertiary/aromatic N) is 3. The van der Waals surface area contributed by atoms with Gasteiger partial charge in [-0.3, -0.25) is 4.72 Å². The van der Waals surface area contributed by atoms with Gasteiger partial charge in [0, 0.05) is 35.1 Å². The third-order valence-electron chi connectivity index (χ3n) is 7.59. The number of anilines is 2. The van der Waals surface area contributed by atoms with Crippen LogP contribution in [0.3, 0.4) is 0 Å². The van der Waals surface area contributed by atoms with E-state index in [0.29, 0.717) is 46.0 Å². The minimum absolute atomic E-state index is 0.0630. The third-order valence-corrected chi connectivity index (χ3v) is 10.7. The summed E-state index contributed by atoms with van der Waals surface area (Å²) in [4.78, 5) is 14.4. The Bertz CT molecular complexity index is 1700. The summed E-state index contributed by atoms with van der Waals surface area (Å²) in [6.07, 6.45) is 4.92. The minimum atomic E-state index is -3.76. The lowest BCUT2D eigenvalue weighted by molar-refractivity contribution is 0.463. The van der Waals surface area contributed by atoms with Gasteiger partial charge in [0.15, 0.2) is 5.82 Å². The van der Waals surface area contributed by atoms with E-state index in [9.17, 15) is 8.42 Å². The Morgan fingerprint density at radius 3 is 2.65 bits per heavy atom. The zero-order valence-corrected chi connectivity index (χ0v) is 24.2. The molecule has 0 spiro atoms. The Morgan fingerprint density at radius 1 is 1.15 bits per heavy atom. The van der Waals surface area contributed by atoms with Crippen molar-refractivity contribution in [3.63, 3.8) is 0 Å². The van der Waals surface area contributed by atoms with Crippen molar-refractivity contribution in [2.24, 2.45) is 0 Å². The van der Waals surface area contributed by atoms with E-state index < -0.39 is 20.6 Å². The summed E-state index contributed by atoms with van der Waals surface area (Å²) >= 11 is 1.43. The van der Waals surface area contributed by atoms with Crippen LogP contribution in [0.15, 0.2) is 36.5 Å². The number of piperidine rings is 1. The Labute approximate surface area is 236 Å². The van der Waals surface area contributed by atoms with Crippen LogP contribution in [0.25, 0.3) is 21.3 Å². The van der Waals surface area contributed by atoms with Gasteiger partial charge in [0.2, 0.25) is 21.9 Å². The van der Waals surface area contributed by atoms with Gasteiger partial charge in [0.05, 0.1) is 21.1 Å². The predicted octanol–water partition coefficient (Wildman–Crippen LogP) is 5.76. The molecule has 2 aromatic heterocycles. The first kappa shape index (κ1) is 26.9. The van der Waals surface area contributed by atoms with Crippen molar-refractivity contribution in [2.45, 2.75) is 57.2 Å². The molecule has 1 aliphatic heterocycles. The van der Waals surface area contributed by atoms with Crippen molar-refractivity contribution < 1.29 is 17.5 Å². The monoisotopic (exact) mass is 582 g/mol. The molecule has 210 valence electrons. The number of sulfonamides is 1. The van der Waals surface area contributed by atoms with Crippen LogP contribution in [0.1, 0.15) is 43.2 Å². The number of fused-ring (bicyclic) bond motifs is 1. The molecular weight excluding hydrogens is 551 g/mol. The largest absolute Gasteiger partial charge is 0.436 e. The molecule has 2 aliphatic rings. The maximum atomic E-state index is 15.9. The second kappa shape index (κ2) is 10.2. The maximum Gasteiger partial charge on any atom is 0.240 e. The van der Waals surface area contributed by atoms with Crippen molar-refractivity contribution in [3.05, 3.63) is 52.9 Å². The SMILES string of the molecule is Cc1nc(Oc2c(C)c(F)c(NS(=O)(=O)C3(C)CC3)c3ccccc23)c(-c2ccnc(N[C@H]3CCCNC3)n2)s1. The van der Waals surface area contributed by atoms with Crippen LogP contribution in [0, 0.1) is 19.7 Å². The molecule has 6 rings (SSSR count). The quantitative estimate of drug-likeness (QED) is 0.240. The summed E-state index contributed by atoms with van der Waals surface area (Å²) in [5, 5.41) is 8.53. The van der Waals surface area contributed by atoms with Gasteiger partial charge in [0.1, 0.15) is 10.6 Å². The molecule has 40 heavy (non-hydrogen) atoms. The number of ether oxygens (including phenoxy) is 1. The summed E-state index contributed by atoms with van der Waals surface area (Å²) in [6, 6.07) is 9.07. The van der Waals surface area contributed by atoms with Crippen LogP contribution in [0.2, 0.25) is 0 Å². The Hall–Kier alpha value is -3.35. The van der Waals surface area contributed by atoms with Crippen LogP contribution in [-0.4, -0.2) is 47.2 Å². The zero-order chi connectivity index (χ0) is 28.1. The lowest BCUT2D eigenvalue weighted by Crippen LogP contribution is -2.38. The average molecular weight is 583 g/mol. The fourth-order valence-corrected chi connectivity index (χ4v) is 7.06. The van der Waals surface area contributed by atoms with Crippen molar-refractivity contribution >= 4 is 43.8 Å². The van der Waals surface area contributed by atoms with Crippen molar-refractivity contribution in [1.29, 1.82) is 0 Å². The predicted molar refractivity (Wildman–Crippen MR) is 156 cm³/mol. The summed E-state index contributed by atoms with van der Waals surface area (Å²) in [5.41, 5.74) is 0.766. The van der Waals surface area contributed by atoms with Crippen LogP contribution < -0.4 is 20.1 Å². The van der Waals surface area contributed by atoms with E-state index in [1.807, 2.05) is 13.0 Å². The van der Waals surface area contributed by atoms with E-state index in [0.717, 1.165) is 30.9 Å². The van der Waals surface area contributed by atoms with Crippen LogP contribution in [0.4, 0.5) is 16.0 Å². The maximum absolute atomic E-state index is 15.9. The number of aryl methyl sites for hydroxylation is 1. The lowest BCUT2D eigenvalue weighted by atomic mass is 10.0. The highest BCUT2D eigenvalue weighted by atomic mass is 32.2. The summed E-state index contributed by atoms with van der Waals surface area (Å²) in [6.45, 7) is 6.99. The molecule has 1 saturated heterocycles. The molecular formula is C28H31FN6O3S2. The molecule has 3 heterocycles. The van der Waals surface area contributed by atoms with Crippen LogP contribution >= 0.6 is 11.3 Å². The molecule has 0 bridgehead atoms. The molecule has 1 saturated carbocycles. The molecule has 1 atom stereocenters. The topological polar surface area (TPSA) is 118 Å². The second-order valence-corrected chi connectivity index (χ2v) is 14.1. The molecule has 4 aromatic rings. The number of benzene rings is 2. The average Bonchev–Trinajstić information content (AvgIpc) is 3.61. The van der Waals surface area contributed by atoms with Gasteiger partial charge in [0.25, 0.3) is 0 Å². The van der Waals surface area contributed by atoms with Crippen LogP contribution in [-0.2, 0) is 10.0 Å². The van der Waals surface area contributed by atoms with E-state index in [2.05, 4.69) is 25.3 Å². The number of halogens is 1. The van der Waals surface area contributed by atoms with E-state index >= 15 is 4.39 Å². The normalized spacial score (nSPS) is 18.4. The first-order valence-electron chi connectivity index (χ1n) is 13.3. The molecule has 12 heteroatoms. The summed E-state index contributed by atoms with van der Waals surface area (Å²) in [7, 11) is -3.76. The highest BCUT2D eigenvalue weighted by Crippen LogP contribution is 2.47. The number of aromatic nitrogens is 3. The summed E-state index contributed by atoms with van der Waals surface area (Å²) in [5.74, 6) is 0.431. The Morgan fingerprint density at radius 2 is 1.93 bits per heavy atom. The second-order valence-electron chi connectivity index (χ2n) is 10.7. The molecule has 0 amide bonds. The third kappa shape index (κ3) is 4.99. The van der Waals surface area contributed by atoms with Gasteiger partial charge < -0.3 is 15.4 Å². The number of hydrogen-bond acceptors (Lipinski definition) is 9. The molecule has 2 aromatic carbocycles. The van der Waals surface area contributed by atoms with Gasteiger partial charge in [-0.2, -0.15) is 0 Å². The first-order valence-corrected chi connectivity index (χ1v) is 15.6. The number of nitrogens with one attached hydrogen (secondary N) is 3. The fourth-order valence-electron chi connectivity index (χ4n) is 4.89. The van der Waals surface area contributed by atoms with Crippen molar-refractivity contribution in [2.75, 3.05) is 23.1 Å². The van der Waals surface area contributed by atoms with Gasteiger partial charge in [-0.05, 0) is 59.1 Å². The number of hydrogen-bond donors (Lipinski definition) is 3. The van der Waals surface area contributed by atoms with E-state index in [1.54, 1.807) is 44.3 Å². The van der Waals surface area contributed by atoms with Gasteiger partial charge in [-0.1, -0.05) is 24.3 Å². The first-order chi connectivity index (χ1) is 19.1. The smallest absolute Gasteiger partial charge is 0.240 e. The van der Waals surface area contributed by atoms with Gasteiger partial charge in [-0.25, -0.2) is 27.8 Å². The molecule has 0 unspecified atom stereocenters. The van der Waals surface area contributed by atoms with Crippen LogP contribution in [0.5, 0.6) is 11.6 Å². The minimum Gasteiger partial charge on any atom is -0.436 e. The molecule has 9 nitrogen and oxygen atoms in total. The molecule has 3 N–H and O–H groups in total. The molecule has 0 radical (unpaired) electrons.